The molecule has 102 valence electrons. The van der Waals surface area contributed by atoms with Gasteiger partial charge in [0.05, 0.1) is 0 Å². The maximum Gasteiger partial charge on any atom is 0.441 e. The van der Waals surface area contributed by atoms with E-state index in [0.29, 0.717) is 18.3 Å². The van der Waals surface area contributed by atoms with Crippen LogP contribution in [-0.4, -0.2) is 24.4 Å². The zero-order chi connectivity index (χ0) is 12.7. The smallest absolute Gasteiger partial charge is 0.316 e. The summed E-state index contributed by atoms with van der Waals surface area (Å²) in [5.74, 6) is 1.31. The van der Waals surface area contributed by atoms with Crippen LogP contribution in [0, 0.1) is 11.8 Å². The predicted octanol–water partition coefficient (Wildman–Crippen LogP) is 4.05. The van der Waals surface area contributed by atoms with Gasteiger partial charge in [0.15, 0.2) is 0 Å². The fourth-order valence-electron chi connectivity index (χ4n) is 2.55. The van der Waals surface area contributed by atoms with Gasteiger partial charge in [-0.2, -0.15) is 13.2 Å². The topological polar surface area (TPSA) is 12.0 Å². The molecule has 17 heavy (non-hydrogen) atoms. The van der Waals surface area contributed by atoms with Gasteiger partial charge in [0.2, 0.25) is 0 Å². The van der Waals surface area contributed by atoms with Crippen LogP contribution in [0.2, 0.25) is 0 Å². The molecule has 0 aromatic heterocycles. The number of hydrogen-bond donors (Lipinski definition) is 1. The lowest BCUT2D eigenvalue weighted by atomic mass is 9.93. The van der Waals surface area contributed by atoms with Crippen molar-refractivity contribution in [1.82, 2.24) is 5.32 Å². The highest BCUT2D eigenvalue weighted by molar-refractivity contribution is 8.00. The van der Waals surface area contributed by atoms with Gasteiger partial charge in [0, 0.05) is 5.75 Å². The Morgan fingerprint density at radius 3 is 2.59 bits per heavy atom. The van der Waals surface area contributed by atoms with Crippen molar-refractivity contribution in [2.24, 2.45) is 11.8 Å². The van der Waals surface area contributed by atoms with E-state index in [-0.39, 0.29) is 17.5 Å². The van der Waals surface area contributed by atoms with Crippen LogP contribution in [0.25, 0.3) is 0 Å². The molecule has 1 nitrogen and oxygen atoms in total. The number of halogens is 3. The Labute approximate surface area is 106 Å². The molecule has 0 amide bonds. The van der Waals surface area contributed by atoms with Crippen molar-refractivity contribution < 1.29 is 13.2 Å². The number of rotatable bonds is 7. The van der Waals surface area contributed by atoms with Gasteiger partial charge in [-0.05, 0) is 44.2 Å². The van der Waals surface area contributed by atoms with E-state index in [4.69, 9.17) is 0 Å². The van der Waals surface area contributed by atoms with Gasteiger partial charge in [-0.25, -0.2) is 0 Å². The molecule has 0 saturated heterocycles. The van der Waals surface area contributed by atoms with Crippen LogP contribution in [0.4, 0.5) is 13.2 Å². The third kappa shape index (κ3) is 6.55. The van der Waals surface area contributed by atoms with Gasteiger partial charge in [-0.15, -0.1) is 0 Å². The van der Waals surface area contributed by atoms with Gasteiger partial charge in [0.1, 0.15) is 0 Å². The first-order valence-electron chi connectivity index (χ1n) is 6.44. The fourth-order valence-corrected chi connectivity index (χ4v) is 3.20. The lowest BCUT2D eigenvalue weighted by Crippen LogP contribution is -2.26. The van der Waals surface area contributed by atoms with Crippen LogP contribution < -0.4 is 5.32 Å². The first kappa shape index (κ1) is 15.2. The number of nitrogens with one attached hydrogen (secondary N) is 1. The average Bonchev–Trinajstić information content (AvgIpc) is 2.64. The van der Waals surface area contributed by atoms with Crippen molar-refractivity contribution in [3.8, 4) is 0 Å². The van der Waals surface area contributed by atoms with Crippen LogP contribution in [0.5, 0.6) is 0 Å². The monoisotopic (exact) mass is 269 g/mol. The SMILES string of the molecule is CCCNCC1CCCC1CCSC(F)(F)F. The minimum Gasteiger partial charge on any atom is -0.316 e. The van der Waals surface area contributed by atoms with Crippen LogP contribution >= 0.6 is 11.8 Å². The maximum absolute atomic E-state index is 12.0. The molecule has 1 aliphatic carbocycles. The molecule has 1 aliphatic rings. The van der Waals surface area contributed by atoms with Crippen molar-refractivity contribution in [3.63, 3.8) is 0 Å². The highest BCUT2D eigenvalue weighted by Crippen LogP contribution is 2.37. The molecule has 2 unspecified atom stereocenters. The Bertz CT molecular complexity index is 208. The van der Waals surface area contributed by atoms with Crippen LogP contribution in [0.15, 0.2) is 0 Å². The molecule has 1 fully saturated rings. The van der Waals surface area contributed by atoms with E-state index in [0.717, 1.165) is 25.9 Å². The first-order chi connectivity index (χ1) is 8.03. The van der Waals surface area contributed by atoms with Crippen LogP contribution in [0.1, 0.15) is 39.0 Å². The van der Waals surface area contributed by atoms with Crippen molar-refractivity contribution in [3.05, 3.63) is 0 Å². The minimum absolute atomic E-state index is 0.130. The molecule has 1 saturated carbocycles. The van der Waals surface area contributed by atoms with Gasteiger partial charge >= 0.3 is 5.51 Å². The summed E-state index contributed by atoms with van der Waals surface area (Å²) in [5, 5.41) is 3.38. The van der Waals surface area contributed by atoms with E-state index in [2.05, 4.69) is 12.2 Å². The molecular weight excluding hydrogens is 247 g/mol. The van der Waals surface area contributed by atoms with Crippen molar-refractivity contribution >= 4 is 11.8 Å². The number of thioether (sulfide) groups is 1. The number of hydrogen-bond acceptors (Lipinski definition) is 2. The van der Waals surface area contributed by atoms with Crippen molar-refractivity contribution in [1.29, 1.82) is 0 Å². The minimum atomic E-state index is -4.06. The molecule has 0 aromatic carbocycles. The molecule has 0 radical (unpaired) electrons. The summed E-state index contributed by atoms with van der Waals surface area (Å²) in [7, 11) is 0. The third-order valence-corrected chi connectivity index (χ3v) is 4.17. The maximum atomic E-state index is 12.0. The van der Waals surface area contributed by atoms with Crippen LogP contribution in [0.3, 0.4) is 0 Å². The zero-order valence-electron chi connectivity index (χ0n) is 10.4. The van der Waals surface area contributed by atoms with E-state index >= 15 is 0 Å². The lowest BCUT2D eigenvalue weighted by molar-refractivity contribution is -0.0328. The number of alkyl halides is 3. The van der Waals surface area contributed by atoms with Crippen molar-refractivity contribution in [2.45, 2.75) is 44.5 Å². The molecule has 0 aromatic rings. The van der Waals surface area contributed by atoms with E-state index in [1.54, 1.807) is 0 Å². The van der Waals surface area contributed by atoms with Gasteiger partial charge in [-0.1, -0.05) is 31.5 Å². The van der Waals surface area contributed by atoms with E-state index in [1.165, 1.54) is 12.8 Å². The molecule has 0 heterocycles. The fraction of sp³-hybridized carbons (Fsp3) is 1.00. The van der Waals surface area contributed by atoms with Gasteiger partial charge < -0.3 is 5.32 Å². The van der Waals surface area contributed by atoms with Gasteiger partial charge in [-0.3, -0.25) is 0 Å². The molecule has 0 spiro atoms. The van der Waals surface area contributed by atoms with E-state index in [1.807, 2.05) is 0 Å². The van der Waals surface area contributed by atoms with E-state index < -0.39 is 5.51 Å². The summed E-state index contributed by atoms with van der Waals surface area (Å²) in [6, 6.07) is 0. The molecular formula is C12H22F3NS. The normalized spacial score (nSPS) is 25.4. The van der Waals surface area contributed by atoms with E-state index in [9.17, 15) is 13.2 Å². The lowest BCUT2D eigenvalue weighted by Gasteiger charge is -2.20. The Balaban J connectivity index is 2.17. The second-order valence-electron chi connectivity index (χ2n) is 4.74. The summed E-state index contributed by atoms with van der Waals surface area (Å²) >= 11 is 0.130. The Morgan fingerprint density at radius 2 is 1.94 bits per heavy atom. The molecule has 1 N–H and O–H groups in total. The molecule has 5 heteroatoms. The Hall–Kier alpha value is 0.100. The quantitative estimate of drug-likeness (QED) is 0.700. The molecule has 1 rings (SSSR count). The highest BCUT2D eigenvalue weighted by Gasteiger charge is 2.31. The van der Waals surface area contributed by atoms with Gasteiger partial charge in [0.25, 0.3) is 0 Å². The predicted molar refractivity (Wildman–Crippen MR) is 67.1 cm³/mol. The average molecular weight is 269 g/mol. The third-order valence-electron chi connectivity index (χ3n) is 3.40. The zero-order valence-corrected chi connectivity index (χ0v) is 11.2. The standard InChI is InChI=1S/C12H22F3NS/c1-2-7-16-9-11-5-3-4-10(11)6-8-17-12(13,14)15/h10-11,16H,2-9H2,1H3. The van der Waals surface area contributed by atoms with Crippen LogP contribution in [-0.2, 0) is 0 Å². The highest BCUT2D eigenvalue weighted by atomic mass is 32.2. The second kappa shape index (κ2) is 7.52. The largest absolute Gasteiger partial charge is 0.441 e. The second-order valence-corrected chi connectivity index (χ2v) is 5.90. The summed E-state index contributed by atoms with van der Waals surface area (Å²) in [5.41, 5.74) is -4.06. The molecule has 2 atom stereocenters. The summed E-state index contributed by atoms with van der Waals surface area (Å²) in [4.78, 5) is 0. The van der Waals surface area contributed by atoms with Crippen molar-refractivity contribution in [2.75, 3.05) is 18.8 Å². The summed E-state index contributed by atoms with van der Waals surface area (Å²) in [6.07, 6.45) is 5.29. The first-order valence-corrected chi connectivity index (χ1v) is 7.43. The molecule has 0 bridgehead atoms. The summed E-state index contributed by atoms with van der Waals surface area (Å²) in [6.45, 7) is 4.12. The Morgan fingerprint density at radius 1 is 1.24 bits per heavy atom. The summed E-state index contributed by atoms with van der Waals surface area (Å²) < 4.78 is 36.1. The Kier molecular flexibility index (Phi) is 6.70. The molecule has 0 aliphatic heterocycles.